The van der Waals surface area contributed by atoms with Crippen LogP contribution < -0.4 is 5.73 Å². The number of aryl methyl sites for hydroxylation is 2. The van der Waals surface area contributed by atoms with Gasteiger partial charge in [0.15, 0.2) is 0 Å². The second-order valence-corrected chi connectivity index (χ2v) is 6.43. The Morgan fingerprint density at radius 1 is 1.04 bits per heavy atom. The number of carbonyl (C=O) groups is 1. The molecule has 0 saturated heterocycles. The molecule has 0 aliphatic rings. The summed E-state index contributed by atoms with van der Waals surface area (Å²) in [6, 6.07) is 8.43. The fourth-order valence-electron chi connectivity index (χ4n) is 2.90. The van der Waals surface area contributed by atoms with Crippen molar-refractivity contribution in [3.05, 3.63) is 70.3 Å². The smallest absolute Gasteiger partial charge is 0.322 e. The molecule has 0 bridgehead atoms. The first kappa shape index (κ1) is 19.1. The molecule has 3 nitrogen and oxygen atoms in total. The van der Waals surface area contributed by atoms with Crippen LogP contribution in [0.2, 0.25) is 0 Å². The van der Waals surface area contributed by atoms with Crippen molar-refractivity contribution in [2.75, 3.05) is 0 Å². The SMILES string of the molecule is Cc1ccc([C@@H](c2ccc(F)cc2C)[C@H](C)OC(=O)[C@H](C)N)c(F)c1. The van der Waals surface area contributed by atoms with Crippen molar-refractivity contribution >= 4 is 5.97 Å². The first-order valence-corrected chi connectivity index (χ1v) is 8.19. The van der Waals surface area contributed by atoms with Crippen LogP contribution in [0.1, 0.15) is 42.0 Å². The van der Waals surface area contributed by atoms with Gasteiger partial charge in [0.25, 0.3) is 0 Å². The van der Waals surface area contributed by atoms with E-state index in [-0.39, 0.29) is 5.82 Å². The Morgan fingerprint density at radius 2 is 1.68 bits per heavy atom. The lowest BCUT2D eigenvalue weighted by Gasteiger charge is -2.27. The van der Waals surface area contributed by atoms with Gasteiger partial charge in [-0.3, -0.25) is 4.79 Å². The summed E-state index contributed by atoms with van der Waals surface area (Å²) >= 11 is 0. The van der Waals surface area contributed by atoms with Crippen molar-refractivity contribution in [1.82, 2.24) is 0 Å². The van der Waals surface area contributed by atoms with Crippen molar-refractivity contribution in [2.24, 2.45) is 5.73 Å². The molecule has 2 rings (SSSR count). The third-order valence-corrected chi connectivity index (χ3v) is 4.20. The molecule has 2 aromatic carbocycles. The summed E-state index contributed by atoms with van der Waals surface area (Å²) in [5, 5.41) is 0. The molecule has 0 aromatic heterocycles. The van der Waals surface area contributed by atoms with Gasteiger partial charge < -0.3 is 10.5 Å². The van der Waals surface area contributed by atoms with Crippen molar-refractivity contribution in [3.8, 4) is 0 Å². The number of benzene rings is 2. The Morgan fingerprint density at radius 3 is 2.24 bits per heavy atom. The van der Waals surface area contributed by atoms with Crippen LogP contribution in [-0.4, -0.2) is 18.1 Å². The predicted molar refractivity (Wildman–Crippen MR) is 93.3 cm³/mol. The molecule has 2 N–H and O–H groups in total. The van der Waals surface area contributed by atoms with E-state index in [1.165, 1.54) is 25.1 Å². The summed E-state index contributed by atoms with van der Waals surface area (Å²) < 4.78 is 33.5. The van der Waals surface area contributed by atoms with E-state index in [2.05, 4.69) is 0 Å². The average molecular weight is 347 g/mol. The third-order valence-electron chi connectivity index (χ3n) is 4.20. The van der Waals surface area contributed by atoms with Crippen LogP contribution in [0.3, 0.4) is 0 Å². The van der Waals surface area contributed by atoms with Crippen LogP contribution in [-0.2, 0) is 9.53 Å². The molecule has 25 heavy (non-hydrogen) atoms. The maximum Gasteiger partial charge on any atom is 0.322 e. The minimum absolute atomic E-state index is 0.371. The molecule has 2 aromatic rings. The molecule has 3 atom stereocenters. The zero-order valence-corrected chi connectivity index (χ0v) is 14.8. The zero-order chi connectivity index (χ0) is 18.7. The summed E-state index contributed by atoms with van der Waals surface area (Å²) in [7, 11) is 0. The monoisotopic (exact) mass is 347 g/mol. The van der Waals surface area contributed by atoms with Gasteiger partial charge in [-0.15, -0.1) is 0 Å². The number of hydrogen-bond acceptors (Lipinski definition) is 3. The molecule has 0 radical (unpaired) electrons. The van der Waals surface area contributed by atoms with Gasteiger partial charge in [0.2, 0.25) is 0 Å². The summed E-state index contributed by atoms with van der Waals surface area (Å²) in [6.07, 6.45) is -0.667. The van der Waals surface area contributed by atoms with Crippen LogP contribution in [0.5, 0.6) is 0 Å². The Balaban J connectivity index is 2.52. The van der Waals surface area contributed by atoms with Crippen molar-refractivity contribution in [2.45, 2.75) is 45.8 Å². The highest BCUT2D eigenvalue weighted by Crippen LogP contribution is 2.34. The topological polar surface area (TPSA) is 52.3 Å². The van der Waals surface area contributed by atoms with Gasteiger partial charge in [0.1, 0.15) is 23.8 Å². The van der Waals surface area contributed by atoms with E-state index >= 15 is 0 Å². The summed E-state index contributed by atoms with van der Waals surface area (Å²) in [5.41, 5.74) is 8.11. The number of ether oxygens (including phenoxy) is 1. The maximum atomic E-state index is 14.6. The van der Waals surface area contributed by atoms with Gasteiger partial charge in [-0.1, -0.05) is 18.2 Å². The summed E-state index contributed by atoms with van der Waals surface area (Å²) in [4.78, 5) is 11.9. The van der Waals surface area contributed by atoms with E-state index in [1.807, 2.05) is 0 Å². The van der Waals surface area contributed by atoms with Crippen LogP contribution in [0.4, 0.5) is 8.78 Å². The molecule has 0 fully saturated rings. The van der Waals surface area contributed by atoms with E-state index in [9.17, 15) is 13.6 Å². The van der Waals surface area contributed by atoms with Crippen LogP contribution in [0, 0.1) is 25.5 Å². The Bertz CT molecular complexity index is 723. The molecular weight excluding hydrogens is 324 g/mol. The molecule has 0 saturated carbocycles. The second-order valence-electron chi connectivity index (χ2n) is 6.43. The van der Waals surface area contributed by atoms with Gasteiger partial charge >= 0.3 is 5.97 Å². The van der Waals surface area contributed by atoms with Crippen LogP contribution >= 0.6 is 0 Å². The molecule has 5 heteroatoms. The average Bonchev–Trinajstić information content (AvgIpc) is 2.51. The van der Waals surface area contributed by atoms with E-state index in [4.69, 9.17) is 10.5 Å². The van der Waals surface area contributed by atoms with E-state index in [1.54, 1.807) is 39.0 Å². The minimum Gasteiger partial charge on any atom is -0.461 e. The van der Waals surface area contributed by atoms with Gasteiger partial charge in [0, 0.05) is 5.92 Å². The maximum absolute atomic E-state index is 14.6. The number of carbonyl (C=O) groups excluding carboxylic acids is 1. The largest absolute Gasteiger partial charge is 0.461 e. The molecule has 0 spiro atoms. The standard InChI is InChI=1S/C20H23F2NO2/c1-11-5-7-17(18(22)9-11)19(14(4)25-20(24)13(3)23)16-8-6-15(21)10-12(16)2/h5-10,13-14,19H,23H2,1-4H3/t13-,14-,19+/m0/s1. The van der Waals surface area contributed by atoms with Crippen molar-refractivity contribution in [3.63, 3.8) is 0 Å². The second kappa shape index (κ2) is 7.74. The highest BCUT2D eigenvalue weighted by Gasteiger charge is 2.29. The zero-order valence-electron chi connectivity index (χ0n) is 14.8. The first-order chi connectivity index (χ1) is 11.7. The van der Waals surface area contributed by atoms with Gasteiger partial charge in [-0.2, -0.15) is 0 Å². The van der Waals surface area contributed by atoms with Gasteiger partial charge in [-0.25, -0.2) is 8.78 Å². The summed E-state index contributed by atoms with van der Waals surface area (Å²) in [5.74, 6) is -1.89. The lowest BCUT2D eigenvalue weighted by atomic mass is 9.84. The van der Waals surface area contributed by atoms with E-state index < -0.39 is 29.9 Å². The quantitative estimate of drug-likeness (QED) is 0.832. The highest BCUT2D eigenvalue weighted by molar-refractivity contribution is 5.75. The molecule has 0 unspecified atom stereocenters. The predicted octanol–water partition coefficient (Wildman–Crippen LogP) is 3.99. The molecule has 0 heterocycles. The molecule has 0 aliphatic heterocycles. The molecular formula is C20H23F2NO2. The normalized spacial score (nSPS) is 14.7. The number of hydrogen-bond donors (Lipinski definition) is 1. The third kappa shape index (κ3) is 4.42. The van der Waals surface area contributed by atoms with Gasteiger partial charge in [-0.05, 0) is 68.1 Å². The Labute approximate surface area is 146 Å². The fraction of sp³-hybridized carbons (Fsp3) is 0.350. The molecule has 0 amide bonds. The lowest BCUT2D eigenvalue weighted by Crippen LogP contribution is -2.34. The van der Waals surface area contributed by atoms with Gasteiger partial charge in [0.05, 0.1) is 0 Å². The molecule has 134 valence electrons. The highest BCUT2D eigenvalue weighted by atomic mass is 19.1. The molecule has 0 aliphatic carbocycles. The Hall–Kier alpha value is -2.27. The summed E-state index contributed by atoms with van der Waals surface area (Å²) in [6.45, 7) is 6.76. The lowest BCUT2D eigenvalue weighted by molar-refractivity contribution is -0.150. The van der Waals surface area contributed by atoms with E-state index in [0.717, 1.165) is 5.56 Å². The number of rotatable bonds is 5. The number of esters is 1. The van der Waals surface area contributed by atoms with Crippen LogP contribution in [0.25, 0.3) is 0 Å². The minimum atomic E-state index is -0.778. The number of halogens is 2. The van der Waals surface area contributed by atoms with E-state index in [0.29, 0.717) is 16.7 Å². The first-order valence-electron chi connectivity index (χ1n) is 8.19. The van der Waals surface area contributed by atoms with Crippen molar-refractivity contribution < 1.29 is 18.3 Å². The van der Waals surface area contributed by atoms with Crippen LogP contribution in [0.15, 0.2) is 36.4 Å². The fourth-order valence-corrected chi connectivity index (χ4v) is 2.90. The van der Waals surface area contributed by atoms with Crippen molar-refractivity contribution in [1.29, 1.82) is 0 Å². The number of nitrogens with two attached hydrogens (primary N) is 1. The Kier molecular flexibility index (Phi) is 5.90.